The second-order valence-corrected chi connectivity index (χ2v) is 7.95. The van der Waals surface area contributed by atoms with Crippen LogP contribution >= 0.6 is 11.3 Å². The molecule has 0 unspecified atom stereocenters. The van der Waals surface area contributed by atoms with Gasteiger partial charge in [-0.2, -0.15) is 0 Å². The molecule has 0 radical (unpaired) electrons. The van der Waals surface area contributed by atoms with Gasteiger partial charge in [0.2, 0.25) is 5.91 Å². The van der Waals surface area contributed by atoms with Crippen LogP contribution in [0.5, 0.6) is 0 Å². The van der Waals surface area contributed by atoms with E-state index in [0.29, 0.717) is 0 Å². The molecule has 158 valence electrons. The maximum atomic E-state index is 13.4. The molecule has 4 rings (SSSR count). The van der Waals surface area contributed by atoms with E-state index in [1.54, 1.807) is 0 Å². The van der Waals surface area contributed by atoms with Gasteiger partial charge in [0.05, 0.1) is 18.7 Å². The molecule has 1 aliphatic rings. The Morgan fingerprint density at radius 3 is 2.45 bits per heavy atom. The lowest BCUT2D eigenvalue weighted by Gasteiger charge is -2.21. The van der Waals surface area contributed by atoms with Gasteiger partial charge in [-0.05, 0) is 53.9 Å². The molecule has 0 aliphatic carbocycles. The molecule has 31 heavy (non-hydrogen) atoms. The molecule has 0 saturated carbocycles. The number of nitrogens with one attached hydrogen (secondary N) is 1. The second-order valence-electron chi connectivity index (χ2n) is 6.92. The molecule has 0 spiro atoms. The number of halogens is 2. The standard InChI is InChI=1S/C22H17F2N3O3S/c23-14-6-8-17(9-7-14)27-21(29)19(26(22(27)30)13-18-5-2-10-31-18)12-20(28)25-16-4-1-3-15(24)11-16/h1-11,19H,12-13H2,(H,25,28)/t19-/m0/s1. The summed E-state index contributed by atoms with van der Waals surface area (Å²) in [6.07, 6.45) is -0.301. The molecular formula is C22H17F2N3O3S. The first kappa shape index (κ1) is 20.7. The number of carbonyl (C=O) groups is 3. The highest BCUT2D eigenvalue weighted by molar-refractivity contribution is 7.09. The van der Waals surface area contributed by atoms with Crippen molar-refractivity contribution >= 4 is 40.6 Å². The second kappa shape index (κ2) is 8.65. The van der Waals surface area contributed by atoms with Crippen molar-refractivity contribution in [2.45, 2.75) is 19.0 Å². The number of amides is 4. The molecule has 3 aromatic rings. The smallest absolute Gasteiger partial charge is 0.326 e. The van der Waals surface area contributed by atoms with Gasteiger partial charge < -0.3 is 10.2 Å². The maximum absolute atomic E-state index is 13.4. The molecule has 6 nitrogen and oxygen atoms in total. The summed E-state index contributed by atoms with van der Waals surface area (Å²) in [5.74, 6) is -2.12. The molecule has 1 N–H and O–H groups in total. The first-order valence-electron chi connectivity index (χ1n) is 9.40. The van der Waals surface area contributed by atoms with Crippen LogP contribution in [0.25, 0.3) is 0 Å². The van der Waals surface area contributed by atoms with Gasteiger partial charge >= 0.3 is 6.03 Å². The summed E-state index contributed by atoms with van der Waals surface area (Å²) in [6, 6.07) is 12.4. The van der Waals surface area contributed by atoms with Crippen LogP contribution in [0.4, 0.5) is 25.0 Å². The summed E-state index contributed by atoms with van der Waals surface area (Å²) < 4.78 is 26.7. The Morgan fingerprint density at radius 2 is 1.77 bits per heavy atom. The summed E-state index contributed by atoms with van der Waals surface area (Å²) in [5.41, 5.74) is 0.475. The number of nitrogens with zero attached hydrogens (tertiary/aromatic N) is 2. The fraction of sp³-hybridized carbons (Fsp3) is 0.136. The van der Waals surface area contributed by atoms with Crippen LogP contribution in [0.2, 0.25) is 0 Å². The predicted molar refractivity (Wildman–Crippen MR) is 113 cm³/mol. The molecular weight excluding hydrogens is 424 g/mol. The minimum absolute atomic E-state index is 0.151. The maximum Gasteiger partial charge on any atom is 0.332 e. The normalized spacial score (nSPS) is 16.1. The molecule has 1 saturated heterocycles. The van der Waals surface area contributed by atoms with E-state index in [-0.39, 0.29) is 24.3 Å². The number of carbonyl (C=O) groups excluding carboxylic acids is 3. The first-order chi connectivity index (χ1) is 14.9. The zero-order valence-corrected chi connectivity index (χ0v) is 16.9. The summed E-state index contributed by atoms with van der Waals surface area (Å²) in [6.45, 7) is 0.151. The Kier molecular flexibility index (Phi) is 5.77. The Balaban J connectivity index is 1.59. The fourth-order valence-corrected chi connectivity index (χ4v) is 4.07. The number of anilines is 2. The molecule has 1 aliphatic heterocycles. The number of rotatable bonds is 6. The zero-order valence-electron chi connectivity index (χ0n) is 16.1. The number of urea groups is 1. The van der Waals surface area contributed by atoms with Crippen LogP contribution in [-0.4, -0.2) is 28.8 Å². The number of hydrogen-bond acceptors (Lipinski definition) is 4. The van der Waals surface area contributed by atoms with Crippen LogP contribution in [0, 0.1) is 11.6 Å². The predicted octanol–water partition coefficient (Wildman–Crippen LogP) is 4.39. The molecule has 9 heteroatoms. The van der Waals surface area contributed by atoms with Crippen molar-refractivity contribution in [2.75, 3.05) is 10.2 Å². The van der Waals surface area contributed by atoms with Crippen LogP contribution in [0.15, 0.2) is 66.0 Å². The molecule has 1 fully saturated rings. The molecule has 2 heterocycles. The lowest BCUT2D eigenvalue weighted by atomic mass is 10.1. The zero-order chi connectivity index (χ0) is 22.0. The van der Waals surface area contributed by atoms with Crippen molar-refractivity contribution in [1.82, 2.24) is 4.90 Å². The topological polar surface area (TPSA) is 69.7 Å². The molecule has 2 aromatic carbocycles. The number of imide groups is 1. The van der Waals surface area contributed by atoms with E-state index in [1.165, 1.54) is 46.6 Å². The van der Waals surface area contributed by atoms with Crippen LogP contribution in [0.3, 0.4) is 0 Å². The lowest BCUT2D eigenvalue weighted by Crippen LogP contribution is -2.37. The number of thiophene rings is 1. The largest absolute Gasteiger partial charge is 0.332 e. The average Bonchev–Trinajstić information content (AvgIpc) is 3.32. The highest BCUT2D eigenvalue weighted by Gasteiger charge is 2.46. The van der Waals surface area contributed by atoms with Crippen molar-refractivity contribution in [3.05, 3.63) is 82.6 Å². The third kappa shape index (κ3) is 4.46. The van der Waals surface area contributed by atoms with Crippen LogP contribution in [-0.2, 0) is 16.1 Å². The summed E-state index contributed by atoms with van der Waals surface area (Å²) >= 11 is 1.42. The van der Waals surface area contributed by atoms with Gasteiger partial charge in [-0.1, -0.05) is 12.1 Å². The highest BCUT2D eigenvalue weighted by atomic mass is 32.1. The summed E-state index contributed by atoms with van der Waals surface area (Å²) in [5, 5.41) is 4.40. The summed E-state index contributed by atoms with van der Waals surface area (Å²) in [7, 11) is 0. The van der Waals surface area contributed by atoms with E-state index < -0.39 is 35.5 Å². The Bertz CT molecular complexity index is 1120. The Labute approximate surface area is 180 Å². The van der Waals surface area contributed by atoms with E-state index in [9.17, 15) is 23.2 Å². The SMILES string of the molecule is O=C(C[C@H]1C(=O)N(c2ccc(F)cc2)C(=O)N1Cc1cccs1)Nc1cccc(F)c1. The van der Waals surface area contributed by atoms with Gasteiger partial charge in [0, 0.05) is 10.6 Å². The van der Waals surface area contributed by atoms with Gasteiger partial charge in [-0.25, -0.2) is 18.5 Å². The van der Waals surface area contributed by atoms with Crippen LogP contribution < -0.4 is 10.2 Å². The van der Waals surface area contributed by atoms with E-state index >= 15 is 0 Å². The monoisotopic (exact) mass is 441 g/mol. The molecule has 4 amide bonds. The molecule has 0 bridgehead atoms. The quantitative estimate of drug-likeness (QED) is 0.577. The van der Waals surface area contributed by atoms with Gasteiger partial charge in [0.25, 0.3) is 5.91 Å². The summed E-state index contributed by atoms with van der Waals surface area (Å²) in [4.78, 5) is 41.9. The molecule has 1 aromatic heterocycles. The van der Waals surface area contributed by atoms with Gasteiger partial charge in [-0.15, -0.1) is 11.3 Å². The van der Waals surface area contributed by atoms with E-state index in [1.807, 2.05) is 17.5 Å². The van der Waals surface area contributed by atoms with Crippen molar-refractivity contribution in [2.24, 2.45) is 0 Å². The van der Waals surface area contributed by atoms with Crippen molar-refractivity contribution < 1.29 is 23.2 Å². The Hall–Kier alpha value is -3.59. The van der Waals surface area contributed by atoms with Gasteiger partial charge in [0.1, 0.15) is 17.7 Å². The average molecular weight is 441 g/mol. The lowest BCUT2D eigenvalue weighted by molar-refractivity contribution is -0.124. The Morgan fingerprint density at radius 1 is 1.00 bits per heavy atom. The first-order valence-corrected chi connectivity index (χ1v) is 10.3. The fourth-order valence-electron chi connectivity index (χ4n) is 3.37. The minimum atomic E-state index is -1.05. The van der Waals surface area contributed by atoms with Gasteiger partial charge in [0.15, 0.2) is 0 Å². The minimum Gasteiger partial charge on any atom is -0.326 e. The van der Waals surface area contributed by atoms with Crippen molar-refractivity contribution in [1.29, 1.82) is 0 Å². The third-order valence-corrected chi connectivity index (χ3v) is 5.66. The number of benzene rings is 2. The van der Waals surface area contributed by atoms with Crippen LogP contribution in [0.1, 0.15) is 11.3 Å². The number of hydrogen-bond donors (Lipinski definition) is 1. The highest BCUT2D eigenvalue weighted by Crippen LogP contribution is 2.29. The van der Waals surface area contributed by atoms with E-state index in [2.05, 4.69) is 5.32 Å². The van der Waals surface area contributed by atoms with Gasteiger partial charge in [-0.3, -0.25) is 9.59 Å². The molecule has 1 atom stereocenters. The van der Waals surface area contributed by atoms with E-state index in [4.69, 9.17) is 0 Å². The third-order valence-electron chi connectivity index (χ3n) is 4.80. The van der Waals surface area contributed by atoms with Crippen molar-refractivity contribution in [3.8, 4) is 0 Å². The van der Waals surface area contributed by atoms with Crippen molar-refractivity contribution in [3.63, 3.8) is 0 Å². The van der Waals surface area contributed by atoms with E-state index in [0.717, 1.165) is 28.0 Å².